The van der Waals surface area contributed by atoms with Crippen LogP contribution in [0.5, 0.6) is 0 Å². The maximum Gasteiger partial charge on any atom is 0.305 e. The Morgan fingerprint density at radius 3 is 0.950 bits per heavy atom. The predicted molar refractivity (Wildman–Crippen MR) is 352 cm³/mol. The molecule has 0 aromatic rings. The number of hydrogen-bond acceptors (Lipinski definition) is 5. The highest BCUT2D eigenvalue weighted by atomic mass is 16.5. The molecule has 0 spiro atoms. The molecule has 474 valence electrons. The first-order valence-corrected chi connectivity index (χ1v) is 36.6. The average molecular weight is 1130 g/mol. The molecule has 0 saturated heterocycles. The molecule has 0 aromatic carbocycles. The number of unbranched alkanes of at least 4 members (excludes halogenated alkanes) is 54. The van der Waals surface area contributed by atoms with Crippen molar-refractivity contribution in [3.8, 4) is 0 Å². The predicted octanol–water partition coefficient (Wildman–Crippen LogP) is 23.7. The molecule has 6 nitrogen and oxygen atoms in total. The van der Waals surface area contributed by atoms with Crippen molar-refractivity contribution >= 4 is 11.9 Å². The second-order valence-electron chi connectivity index (χ2n) is 25.3. The summed E-state index contributed by atoms with van der Waals surface area (Å²) >= 11 is 0. The summed E-state index contributed by atoms with van der Waals surface area (Å²) in [5.74, 6) is -0.0227. The Bertz CT molecular complexity index is 1250. The number of aliphatic hydroxyl groups is 2. The molecule has 0 saturated carbocycles. The van der Waals surface area contributed by atoms with Crippen molar-refractivity contribution < 1.29 is 24.5 Å². The lowest BCUT2D eigenvalue weighted by molar-refractivity contribution is -0.143. The van der Waals surface area contributed by atoms with Crippen molar-refractivity contribution in [1.82, 2.24) is 5.32 Å². The van der Waals surface area contributed by atoms with Crippen LogP contribution in [0.2, 0.25) is 0 Å². The fraction of sp³-hybridized carbons (Fsp3) is 0.919. The maximum atomic E-state index is 12.5. The average Bonchev–Trinajstić information content (AvgIpc) is 3.46. The molecule has 1 amide bonds. The zero-order chi connectivity index (χ0) is 57.8. The van der Waals surface area contributed by atoms with Gasteiger partial charge < -0.3 is 20.3 Å². The number of carbonyl (C=O) groups excluding carboxylic acids is 2. The highest BCUT2D eigenvalue weighted by molar-refractivity contribution is 5.76. The molecule has 2 atom stereocenters. The normalized spacial score (nSPS) is 12.6. The lowest BCUT2D eigenvalue weighted by atomic mass is 10.0. The molecule has 3 N–H and O–H groups in total. The molecule has 0 aliphatic rings. The van der Waals surface area contributed by atoms with E-state index in [4.69, 9.17) is 4.74 Å². The summed E-state index contributed by atoms with van der Waals surface area (Å²) in [6.07, 6.45) is 88.0. The Balaban J connectivity index is 3.41. The highest BCUT2D eigenvalue weighted by Gasteiger charge is 2.20. The number of ether oxygens (including phenoxy) is 1. The van der Waals surface area contributed by atoms with E-state index in [1.165, 1.54) is 334 Å². The summed E-state index contributed by atoms with van der Waals surface area (Å²) in [7, 11) is 0. The van der Waals surface area contributed by atoms with Crippen molar-refractivity contribution in [3.05, 3.63) is 24.3 Å². The topological polar surface area (TPSA) is 95.9 Å². The van der Waals surface area contributed by atoms with Crippen LogP contribution in [-0.2, 0) is 14.3 Å². The van der Waals surface area contributed by atoms with Gasteiger partial charge in [0.05, 0.1) is 25.4 Å². The first kappa shape index (κ1) is 78.3. The number of esters is 1. The van der Waals surface area contributed by atoms with Crippen LogP contribution in [0.4, 0.5) is 0 Å². The van der Waals surface area contributed by atoms with E-state index < -0.39 is 12.1 Å². The summed E-state index contributed by atoms with van der Waals surface area (Å²) < 4.78 is 5.50. The van der Waals surface area contributed by atoms with E-state index in [9.17, 15) is 19.8 Å². The largest absolute Gasteiger partial charge is 0.466 e. The SMILES string of the molecule is CCCCCCCCCCCCCCCCCCCCCCCC(O)C(CO)NC(=O)CCCCCCCCCCC/C=C\C/C=C\CCCCCCCCCCCOC(=O)CCCCCCCCCCCCCCCCCCC. The molecule has 0 aliphatic heterocycles. The van der Waals surface area contributed by atoms with Crippen LogP contribution in [-0.4, -0.2) is 47.4 Å². The summed E-state index contributed by atoms with van der Waals surface area (Å²) in [6.45, 7) is 4.99. The lowest BCUT2D eigenvalue weighted by Crippen LogP contribution is -2.45. The van der Waals surface area contributed by atoms with Crippen molar-refractivity contribution in [2.24, 2.45) is 0 Å². The van der Waals surface area contributed by atoms with Gasteiger partial charge in [-0.2, -0.15) is 0 Å². The Hall–Kier alpha value is -1.66. The molecule has 0 rings (SSSR count). The smallest absolute Gasteiger partial charge is 0.305 e. The van der Waals surface area contributed by atoms with Gasteiger partial charge in [0.2, 0.25) is 5.91 Å². The van der Waals surface area contributed by atoms with Crippen molar-refractivity contribution in [1.29, 1.82) is 0 Å². The molecular formula is C74H143NO5. The third-order valence-corrected chi connectivity index (χ3v) is 17.3. The van der Waals surface area contributed by atoms with Gasteiger partial charge in [0.25, 0.3) is 0 Å². The fourth-order valence-corrected chi connectivity index (χ4v) is 11.7. The van der Waals surface area contributed by atoms with Gasteiger partial charge >= 0.3 is 5.97 Å². The Kier molecular flexibility index (Phi) is 68.4. The van der Waals surface area contributed by atoms with Crippen LogP contribution in [0.25, 0.3) is 0 Å². The van der Waals surface area contributed by atoms with Crippen LogP contribution in [0.1, 0.15) is 412 Å². The molecule has 0 radical (unpaired) electrons. The van der Waals surface area contributed by atoms with E-state index >= 15 is 0 Å². The molecule has 80 heavy (non-hydrogen) atoms. The lowest BCUT2D eigenvalue weighted by Gasteiger charge is -2.22. The van der Waals surface area contributed by atoms with E-state index in [0.717, 1.165) is 44.9 Å². The summed E-state index contributed by atoms with van der Waals surface area (Å²) in [6, 6.07) is -0.547. The van der Waals surface area contributed by atoms with Gasteiger partial charge in [-0.1, -0.05) is 366 Å². The van der Waals surface area contributed by atoms with E-state index in [-0.39, 0.29) is 18.5 Å². The van der Waals surface area contributed by atoms with E-state index in [0.29, 0.717) is 25.9 Å². The summed E-state index contributed by atoms with van der Waals surface area (Å²) in [5.41, 5.74) is 0. The summed E-state index contributed by atoms with van der Waals surface area (Å²) in [4.78, 5) is 24.6. The van der Waals surface area contributed by atoms with Crippen LogP contribution in [0.15, 0.2) is 24.3 Å². The molecular weight excluding hydrogens is 983 g/mol. The van der Waals surface area contributed by atoms with Gasteiger partial charge in [-0.05, 0) is 57.8 Å². The number of rotatable bonds is 69. The van der Waals surface area contributed by atoms with Crippen LogP contribution >= 0.6 is 0 Å². The standard InChI is InChI=1S/C74H143NO5/c1-3-5-7-9-11-13-15-17-19-21-22-28-31-35-38-42-46-50-54-58-62-66-72(77)71(70-76)75-73(78)67-63-59-55-51-47-43-39-36-32-29-26-24-23-25-27-30-33-37-41-45-49-53-57-61-65-69-80-74(79)68-64-60-56-52-48-44-40-34-20-18-16-14-12-10-8-6-4-2/h24-27,71-72,76-77H,3-23,28-70H2,1-2H3,(H,75,78)/b26-24-,27-25-. The molecule has 0 aliphatic carbocycles. The third kappa shape index (κ3) is 65.5. The third-order valence-electron chi connectivity index (χ3n) is 17.3. The number of amides is 1. The molecule has 0 fully saturated rings. The fourth-order valence-electron chi connectivity index (χ4n) is 11.7. The first-order chi connectivity index (χ1) is 39.5. The Morgan fingerprint density at radius 2 is 0.625 bits per heavy atom. The number of nitrogens with one attached hydrogen (secondary N) is 1. The molecule has 2 unspecified atom stereocenters. The minimum atomic E-state index is -0.669. The van der Waals surface area contributed by atoms with E-state index in [2.05, 4.69) is 43.5 Å². The van der Waals surface area contributed by atoms with Gasteiger partial charge in [0.1, 0.15) is 0 Å². The number of carbonyl (C=O) groups is 2. The maximum absolute atomic E-state index is 12.5. The Labute approximate surface area is 501 Å². The van der Waals surface area contributed by atoms with E-state index in [1.54, 1.807) is 0 Å². The molecule has 0 aromatic heterocycles. The first-order valence-electron chi connectivity index (χ1n) is 36.6. The minimum absolute atomic E-state index is 0.0140. The zero-order valence-corrected chi connectivity index (χ0v) is 54.3. The van der Waals surface area contributed by atoms with Gasteiger partial charge in [0, 0.05) is 12.8 Å². The van der Waals surface area contributed by atoms with Crippen molar-refractivity contribution in [3.63, 3.8) is 0 Å². The van der Waals surface area contributed by atoms with Crippen LogP contribution < -0.4 is 5.32 Å². The molecule has 6 heteroatoms. The monoisotopic (exact) mass is 1130 g/mol. The zero-order valence-electron chi connectivity index (χ0n) is 54.3. The molecule has 0 heterocycles. The van der Waals surface area contributed by atoms with Gasteiger partial charge in [-0.3, -0.25) is 9.59 Å². The number of aliphatic hydroxyl groups excluding tert-OH is 2. The van der Waals surface area contributed by atoms with Gasteiger partial charge in [0.15, 0.2) is 0 Å². The second-order valence-corrected chi connectivity index (χ2v) is 25.3. The van der Waals surface area contributed by atoms with Gasteiger partial charge in [-0.15, -0.1) is 0 Å². The van der Waals surface area contributed by atoms with Crippen molar-refractivity contribution in [2.75, 3.05) is 13.2 Å². The van der Waals surface area contributed by atoms with Gasteiger partial charge in [-0.25, -0.2) is 0 Å². The second kappa shape index (κ2) is 69.8. The summed E-state index contributed by atoms with van der Waals surface area (Å²) in [5, 5.41) is 23.4. The number of allylic oxidation sites excluding steroid dienone is 4. The quantitative estimate of drug-likeness (QED) is 0.0320. The molecule has 0 bridgehead atoms. The number of hydrogen-bond donors (Lipinski definition) is 3. The van der Waals surface area contributed by atoms with Crippen LogP contribution in [0, 0.1) is 0 Å². The van der Waals surface area contributed by atoms with Crippen molar-refractivity contribution in [2.45, 2.75) is 424 Å². The van der Waals surface area contributed by atoms with Crippen LogP contribution in [0.3, 0.4) is 0 Å². The minimum Gasteiger partial charge on any atom is -0.466 e. The highest BCUT2D eigenvalue weighted by Crippen LogP contribution is 2.19. The Morgan fingerprint density at radius 1 is 0.350 bits per heavy atom. The van der Waals surface area contributed by atoms with E-state index in [1.807, 2.05) is 0 Å².